The van der Waals surface area contributed by atoms with Gasteiger partial charge in [-0.3, -0.25) is 4.79 Å². The van der Waals surface area contributed by atoms with Gasteiger partial charge in [0.15, 0.2) is 6.61 Å². The first-order valence-electron chi connectivity index (χ1n) is 9.60. The number of benzene rings is 2. The molecule has 1 N–H and O–H groups in total. The Bertz CT molecular complexity index is 1010. The Morgan fingerprint density at radius 3 is 2.59 bits per heavy atom. The maximum atomic E-state index is 12.5. The van der Waals surface area contributed by atoms with Crippen molar-refractivity contribution in [2.24, 2.45) is 0 Å². The predicted octanol–water partition coefficient (Wildman–Crippen LogP) is 4.89. The lowest BCUT2D eigenvalue weighted by molar-refractivity contribution is -0.119. The van der Waals surface area contributed by atoms with Crippen LogP contribution in [0.2, 0.25) is 0 Å². The molecule has 0 saturated carbocycles. The van der Waals surface area contributed by atoms with Crippen molar-refractivity contribution in [3.63, 3.8) is 0 Å². The second-order valence-corrected chi connectivity index (χ2v) is 6.86. The monoisotopic (exact) mass is 395 g/mol. The van der Waals surface area contributed by atoms with Gasteiger partial charge in [-0.1, -0.05) is 50.2 Å². The number of furan rings is 1. The number of hydrogen-bond donors (Lipinski definition) is 1. The van der Waals surface area contributed by atoms with Gasteiger partial charge in [0.2, 0.25) is 5.76 Å². The number of esters is 1. The van der Waals surface area contributed by atoms with Crippen molar-refractivity contribution < 1.29 is 23.5 Å². The Balaban J connectivity index is 1.69. The second kappa shape index (κ2) is 9.39. The molecular weight excluding hydrogens is 370 g/mol. The van der Waals surface area contributed by atoms with E-state index < -0.39 is 18.5 Å². The van der Waals surface area contributed by atoms with Crippen LogP contribution in [0.5, 0.6) is 0 Å². The smallest absolute Gasteiger partial charge is 0.375 e. The highest BCUT2D eigenvalue weighted by Gasteiger charge is 2.22. The van der Waals surface area contributed by atoms with Crippen molar-refractivity contribution >= 4 is 28.5 Å². The highest BCUT2D eigenvalue weighted by molar-refractivity contribution is 5.98. The summed E-state index contributed by atoms with van der Waals surface area (Å²) in [7, 11) is 1.54. The molecule has 152 valence electrons. The van der Waals surface area contributed by atoms with Crippen molar-refractivity contribution in [1.82, 2.24) is 0 Å². The zero-order valence-corrected chi connectivity index (χ0v) is 16.9. The topological polar surface area (TPSA) is 77.8 Å². The highest BCUT2D eigenvalue weighted by Crippen LogP contribution is 2.28. The van der Waals surface area contributed by atoms with Crippen LogP contribution in [0.15, 0.2) is 52.9 Å². The summed E-state index contributed by atoms with van der Waals surface area (Å²) in [6, 6.07) is 14.9. The maximum Gasteiger partial charge on any atom is 0.375 e. The van der Waals surface area contributed by atoms with Crippen molar-refractivity contribution in [1.29, 1.82) is 0 Å². The fourth-order valence-electron chi connectivity index (χ4n) is 3.19. The van der Waals surface area contributed by atoms with E-state index in [9.17, 15) is 9.59 Å². The minimum atomic E-state index is -0.696. The molecule has 29 heavy (non-hydrogen) atoms. The normalized spacial score (nSPS) is 12.0. The fraction of sp³-hybridized carbons (Fsp3) is 0.304. The largest absolute Gasteiger partial charge is 0.450 e. The van der Waals surface area contributed by atoms with Crippen LogP contribution in [0.1, 0.15) is 47.9 Å². The van der Waals surface area contributed by atoms with Crippen molar-refractivity contribution in [2.75, 3.05) is 19.0 Å². The van der Waals surface area contributed by atoms with Gasteiger partial charge >= 0.3 is 5.97 Å². The number of para-hydroxylation sites is 2. The lowest BCUT2D eigenvalue weighted by atomic mass is 9.97. The molecule has 6 nitrogen and oxygen atoms in total. The number of nitrogens with one attached hydrogen (secondary N) is 1. The standard InChI is InChI=1S/C23H25NO5/c1-4-15(2)16-9-5-7-11-19(16)24-21(25)14-28-23(26)22-18(13-27-3)17-10-6-8-12-20(17)29-22/h5-12,15H,4,13-14H2,1-3H3,(H,24,25)/t15-/m0/s1. The highest BCUT2D eigenvalue weighted by atomic mass is 16.5. The minimum Gasteiger partial charge on any atom is -0.450 e. The van der Waals surface area contributed by atoms with Gasteiger partial charge in [-0.2, -0.15) is 0 Å². The summed E-state index contributed by atoms with van der Waals surface area (Å²) >= 11 is 0. The molecule has 0 fully saturated rings. The summed E-state index contributed by atoms with van der Waals surface area (Å²) in [5, 5.41) is 3.61. The van der Waals surface area contributed by atoms with E-state index in [2.05, 4.69) is 19.2 Å². The van der Waals surface area contributed by atoms with Crippen LogP contribution < -0.4 is 5.32 Å². The average molecular weight is 395 g/mol. The van der Waals surface area contributed by atoms with E-state index in [0.29, 0.717) is 17.1 Å². The number of carbonyl (C=O) groups excluding carboxylic acids is 2. The molecule has 1 amide bonds. The van der Waals surface area contributed by atoms with Gasteiger partial charge in [0.25, 0.3) is 5.91 Å². The van der Waals surface area contributed by atoms with E-state index in [0.717, 1.165) is 23.1 Å². The molecule has 0 aliphatic carbocycles. The summed E-state index contributed by atoms with van der Waals surface area (Å²) in [4.78, 5) is 24.9. The number of amides is 1. The molecule has 3 rings (SSSR count). The Hall–Kier alpha value is -3.12. The number of fused-ring (bicyclic) bond motifs is 1. The van der Waals surface area contributed by atoms with Crippen LogP contribution in [0.4, 0.5) is 5.69 Å². The van der Waals surface area contributed by atoms with Gasteiger partial charge < -0.3 is 19.2 Å². The fourth-order valence-corrected chi connectivity index (χ4v) is 3.19. The third-order valence-electron chi connectivity index (χ3n) is 4.88. The number of methoxy groups -OCH3 is 1. The zero-order chi connectivity index (χ0) is 20.8. The van der Waals surface area contributed by atoms with Crippen LogP contribution in [0.25, 0.3) is 11.0 Å². The SMILES string of the molecule is CC[C@H](C)c1ccccc1NC(=O)COC(=O)c1oc2ccccc2c1COC. The Morgan fingerprint density at radius 2 is 1.83 bits per heavy atom. The van der Waals surface area contributed by atoms with Crippen LogP contribution in [0.3, 0.4) is 0 Å². The number of carbonyl (C=O) groups is 2. The number of hydrogen-bond acceptors (Lipinski definition) is 5. The zero-order valence-electron chi connectivity index (χ0n) is 16.9. The molecule has 1 atom stereocenters. The molecular formula is C23H25NO5. The van der Waals surface area contributed by atoms with Gasteiger partial charge in [-0.15, -0.1) is 0 Å². The first kappa shape index (κ1) is 20.6. The molecule has 6 heteroatoms. The third-order valence-corrected chi connectivity index (χ3v) is 4.88. The lowest BCUT2D eigenvalue weighted by Crippen LogP contribution is -2.22. The minimum absolute atomic E-state index is 0.0563. The first-order valence-corrected chi connectivity index (χ1v) is 9.60. The maximum absolute atomic E-state index is 12.5. The molecule has 0 aliphatic heterocycles. The molecule has 0 radical (unpaired) electrons. The van der Waals surface area contributed by atoms with Crippen LogP contribution in [0, 0.1) is 0 Å². The van der Waals surface area contributed by atoms with Crippen molar-refractivity contribution in [3.05, 3.63) is 65.4 Å². The van der Waals surface area contributed by atoms with Crippen molar-refractivity contribution in [2.45, 2.75) is 32.8 Å². The molecule has 1 heterocycles. The Labute approximate surface area is 169 Å². The van der Waals surface area contributed by atoms with Gasteiger partial charge in [-0.25, -0.2) is 4.79 Å². The van der Waals surface area contributed by atoms with E-state index in [-0.39, 0.29) is 12.4 Å². The van der Waals surface area contributed by atoms with E-state index in [1.165, 1.54) is 0 Å². The quantitative estimate of drug-likeness (QED) is 0.550. The summed E-state index contributed by atoms with van der Waals surface area (Å²) in [5.41, 5.74) is 2.95. The van der Waals surface area contributed by atoms with Crippen LogP contribution in [-0.4, -0.2) is 25.6 Å². The van der Waals surface area contributed by atoms with E-state index in [4.69, 9.17) is 13.9 Å². The summed E-state index contributed by atoms with van der Waals surface area (Å²) in [6.07, 6.45) is 0.955. The molecule has 3 aromatic rings. The molecule has 0 bridgehead atoms. The van der Waals surface area contributed by atoms with Gasteiger partial charge in [0.05, 0.1) is 6.61 Å². The van der Waals surface area contributed by atoms with E-state index in [1.54, 1.807) is 13.2 Å². The Morgan fingerprint density at radius 1 is 1.10 bits per heavy atom. The molecule has 0 spiro atoms. The Kier molecular flexibility index (Phi) is 6.67. The molecule has 1 aromatic heterocycles. The number of anilines is 1. The number of ether oxygens (including phenoxy) is 2. The average Bonchev–Trinajstić information content (AvgIpc) is 3.11. The molecule has 0 saturated heterocycles. The van der Waals surface area contributed by atoms with Crippen molar-refractivity contribution in [3.8, 4) is 0 Å². The second-order valence-electron chi connectivity index (χ2n) is 6.86. The molecule has 0 unspecified atom stereocenters. The molecule has 2 aromatic carbocycles. The van der Waals surface area contributed by atoms with Gasteiger partial charge in [0, 0.05) is 23.7 Å². The van der Waals surface area contributed by atoms with Crippen LogP contribution in [-0.2, 0) is 20.9 Å². The van der Waals surface area contributed by atoms with Gasteiger partial charge in [-0.05, 0) is 30.0 Å². The summed E-state index contributed by atoms with van der Waals surface area (Å²) < 4.78 is 16.0. The van der Waals surface area contributed by atoms with E-state index in [1.807, 2.05) is 42.5 Å². The first-order chi connectivity index (χ1) is 14.0. The summed E-state index contributed by atoms with van der Waals surface area (Å²) in [5.74, 6) is -0.737. The molecule has 0 aliphatic rings. The predicted molar refractivity (Wildman–Crippen MR) is 111 cm³/mol. The lowest BCUT2D eigenvalue weighted by Gasteiger charge is -2.15. The van der Waals surface area contributed by atoms with Gasteiger partial charge in [0.1, 0.15) is 5.58 Å². The third kappa shape index (κ3) is 4.66. The van der Waals surface area contributed by atoms with E-state index >= 15 is 0 Å². The van der Waals surface area contributed by atoms with Crippen LogP contribution >= 0.6 is 0 Å². The number of rotatable bonds is 8. The summed E-state index contributed by atoms with van der Waals surface area (Å²) in [6.45, 7) is 3.99.